The fraction of sp³-hybridized carbons (Fsp3) is 0.290. The van der Waals surface area contributed by atoms with Gasteiger partial charge >= 0.3 is 14.4 Å². The van der Waals surface area contributed by atoms with E-state index in [9.17, 15) is 19.8 Å². The molecule has 1 heterocycles. The molecule has 9 heteroatoms. The average molecular weight is 561 g/mol. The molecule has 1 aliphatic rings. The Balaban J connectivity index is 1.92. The minimum absolute atomic E-state index is 0.0698. The maximum absolute atomic E-state index is 13.7. The SMILES string of the molecule is C=C1CC(CO)N(C(=O)c2cc(OC)c(O[Si](c3ccccc3)(c3ccccc3)C(C)(C)C)cc2NC(=O)O)C1. The standard InChI is InChI=1S/C31H36N2O6Si/c1-21-16-22(20-34)33(19-21)29(35)25-17-27(38-5)28(18-26(25)32-30(36)37)39-40(31(2,3)4,23-12-8-6-9-13-23)24-14-10-7-11-15-24/h6-15,17-18,22,32,34H,1,16,19-20H2,2-5H3,(H,36,37). The van der Waals surface area contributed by atoms with E-state index in [1.54, 1.807) is 0 Å². The summed E-state index contributed by atoms with van der Waals surface area (Å²) in [6.45, 7) is 10.4. The molecule has 40 heavy (non-hydrogen) atoms. The van der Waals surface area contributed by atoms with Crippen LogP contribution in [0.5, 0.6) is 11.5 Å². The lowest BCUT2D eigenvalue weighted by atomic mass is 10.1. The first-order chi connectivity index (χ1) is 19.0. The summed E-state index contributed by atoms with van der Waals surface area (Å²) in [5.41, 5.74) is 0.987. The molecule has 0 aromatic heterocycles. The van der Waals surface area contributed by atoms with Gasteiger partial charge in [0.2, 0.25) is 0 Å². The second-order valence-corrected chi connectivity index (χ2v) is 15.2. The van der Waals surface area contributed by atoms with E-state index >= 15 is 0 Å². The molecule has 1 fully saturated rings. The van der Waals surface area contributed by atoms with Crippen LogP contribution in [0.2, 0.25) is 5.04 Å². The Morgan fingerprint density at radius 2 is 1.60 bits per heavy atom. The summed E-state index contributed by atoms with van der Waals surface area (Å²) in [6.07, 6.45) is -0.837. The zero-order valence-electron chi connectivity index (χ0n) is 23.3. The highest BCUT2D eigenvalue weighted by atomic mass is 28.4. The Bertz CT molecular complexity index is 1350. The number of carboxylic acid groups (broad SMARTS) is 1. The maximum Gasteiger partial charge on any atom is 0.409 e. The Labute approximate surface area is 236 Å². The number of nitrogens with one attached hydrogen (secondary N) is 1. The van der Waals surface area contributed by atoms with Crippen LogP contribution in [0.15, 0.2) is 84.9 Å². The lowest BCUT2D eigenvalue weighted by molar-refractivity contribution is 0.0680. The number of aliphatic hydroxyl groups is 1. The number of rotatable bonds is 8. The van der Waals surface area contributed by atoms with Gasteiger partial charge in [0.05, 0.1) is 31.0 Å². The molecule has 210 valence electrons. The van der Waals surface area contributed by atoms with Gasteiger partial charge in [-0.15, -0.1) is 0 Å². The predicted octanol–water partition coefficient (Wildman–Crippen LogP) is 4.49. The summed E-state index contributed by atoms with van der Waals surface area (Å²) < 4.78 is 12.9. The molecule has 8 nitrogen and oxygen atoms in total. The fourth-order valence-corrected chi connectivity index (χ4v) is 9.86. The van der Waals surface area contributed by atoms with Crippen molar-refractivity contribution in [1.82, 2.24) is 4.90 Å². The van der Waals surface area contributed by atoms with Crippen molar-refractivity contribution in [1.29, 1.82) is 0 Å². The van der Waals surface area contributed by atoms with Crippen LogP contribution in [0.4, 0.5) is 10.5 Å². The third-order valence-electron chi connectivity index (χ3n) is 7.29. The van der Waals surface area contributed by atoms with Gasteiger partial charge in [-0.25, -0.2) is 4.79 Å². The van der Waals surface area contributed by atoms with Gasteiger partial charge in [0.25, 0.3) is 5.91 Å². The van der Waals surface area contributed by atoms with Crippen molar-refractivity contribution in [3.63, 3.8) is 0 Å². The quantitative estimate of drug-likeness (QED) is 0.277. The molecule has 0 bridgehead atoms. The molecule has 4 rings (SSSR count). The van der Waals surface area contributed by atoms with Gasteiger partial charge < -0.3 is 24.3 Å². The number of nitrogens with zero attached hydrogens (tertiary/aromatic N) is 1. The molecule has 3 aromatic rings. The van der Waals surface area contributed by atoms with E-state index < -0.39 is 26.4 Å². The number of carbonyl (C=O) groups is 2. The first kappa shape index (κ1) is 28.9. The van der Waals surface area contributed by atoms with Crippen LogP contribution in [0.25, 0.3) is 0 Å². The normalized spacial score (nSPS) is 15.6. The van der Waals surface area contributed by atoms with Gasteiger partial charge in [0.15, 0.2) is 5.75 Å². The lowest BCUT2D eigenvalue weighted by Crippen LogP contribution is -2.68. The molecule has 0 spiro atoms. The highest BCUT2D eigenvalue weighted by molar-refractivity contribution is 7.00. The molecule has 1 atom stereocenters. The third kappa shape index (κ3) is 5.48. The van der Waals surface area contributed by atoms with Crippen LogP contribution in [0.3, 0.4) is 0 Å². The summed E-state index contributed by atoms with van der Waals surface area (Å²) in [7, 11) is -1.61. The molecule has 0 aliphatic carbocycles. The molecule has 1 unspecified atom stereocenters. The molecular formula is C31H36N2O6Si. The van der Waals surface area contributed by atoms with Crippen LogP contribution in [-0.4, -0.2) is 61.7 Å². The van der Waals surface area contributed by atoms with E-state index in [2.05, 4.69) is 56.9 Å². The second-order valence-electron chi connectivity index (χ2n) is 11.0. The van der Waals surface area contributed by atoms with Crippen molar-refractivity contribution in [3.05, 3.63) is 90.5 Å². The number of ether oxygens (including phenoxy) is 1. The number of amides is 2. The van der Waals surface area contributed by atoms with Crippen LogP contribution in [0, 0.1) is 0 Å². The van der Waals surface area contributed by atoms with Crippen molar-refractivity contribution >= 4 is 36.4 Å². The molecule has 0 saturated carbocycles. The number of likely N-dealkylation sites (tertiary alicyclic amines) is 1. The summed E-state index contributed by atoms with van der Waals surface area (Å²) in [5.74, 6) is 0.184. The summed E-state index contributed by atoms with van der Waals surface area (Å²) in [6, 6.07) is 22.7. The number of benzene rings is 3. The summed E-state index contributed by atoms with van der Waals surface area (Å²) in [5, 5.41) is 23.6. The zero-order chi connectivity index (χ0) is 29.1. The van der Waals surface area contributed by atoms with E-state index in [4.69, 9.17) is 9.16 Å². The van der Waals surface area contributed by atoms with Gasteiger partial charge in [-0.2, -0.15) is 0 Å². The Morgan fingerprint density at radius 1 is 1.02 bits per heavy atom. The van der Waals surface area contributed by atoms with E-state index in [1.165, 1.54) is 24.1 Å². The Morgan fingerprint density at radius 3 is 2.08 bits per heavy atom. The number of hydrogen-bond acceptors (Lipinski definition) is 5. The number of carbonyl (C=O) groups excluding carboxylic acids is 1. The fourth-order valence-electron chi connectivity index (χ4n) is 5.44. The molecule has 1 aliphatic heterocycles. The van der Waals surface area contributed by atoms with Gasteiger partial charge in [0.1, 0.15) is 5.75 Å². The Kier molecular flexibility index (Phi) is 8.36. The highest BCUT2D eigenvalue weighted by Gasteiger charge is 2.52. The summed E-state index contributed by atoms with van der Waals surface area (Å²) in [4.78, 5) is 27.0. The summed E-state index contributed by atoms with van der Waals surface area (Å²) >= 11 is 0. The van der Waals surface area contributed by atoms with Gasteiger partial charge in [-0.05, 0) is 27.9 Å². The van der Waals surface area contributed by atoms with Crippen LogP contribution in [-0.2, 0) is 0 Å². The van der Waals surface area contributed by atoms with Crippen molar-refractivity contribution in [2.75, 3.05) is 25.6 Å². The van der Waals surface area contributed by atoms with E-state index in [-0.39, 0.29) is 29.4 Å². The minimum atomic E-state index is -3.09. The average Bonchev–Trinajstić information content (AvgIpc) is 3.32. The number of methoxy groups -OCH3 is 1. The molecule has 3 N–H and O–H groups in total. The monoisotopic (exact) mass is 560 g/mol. The minimum Gasteiger partial charge on any atom is -0.531 e. The molecule has 1 saturated heterocycles. The van der Waals surface area contributed by atoms with Gasteiger partial charge in [-0.1, -0.05) is 93.6 Å². The third-order valence-corrected chi connectivity index (χ3v) is 12.2. The van der Waals surface area contributed by atoms with Crippen LogP contribution in [0.1, 0.15) is 37.6 Å². The van der Waals surface area contributed by atoms with Crippen molar-refractivity contribution < 1.29 is 29.0 Å². The maximum atomic E-state index is 13.7. The zero-order valence-corrected chi connectivity index (χ0v) is 24.3. The first-order valence-electron chi connectivity index (χ1n) is 13.1. The van der Waals surface area contributed by atoms with Crippen molar-refractivity contribution in [3.8, 4) is 11.5 Å². The predicted molar refractivity (Wildman–Crippen MR) is 159 cm³/mol. The molecule has 2 amide bonds. The Hall–Kier alpha value is -4.08. The molecule has 3 aromatic carbocycles. The van der Waals surface area contributed by atoms with Crippen LogP contribution >= 0.6 is 0 Å². The number of anilines is 1. The van der Waals surface area contributed by atoms with E-state index in [0.29, 0.717) is 17.9 Å². The number of hydrogen-bond donors (Lipinski definition) is 3. The van der Waals surface area contributed by atoms with Gasteiger partial charge in [-0.3, -0.25) is 10.1 Å². The van der Waals surface area contributed by atoms with E-state index in [1.807, 2.05) is 36.4 Å². The van der Waals surface area contributed by atoms with Crippen molar-refractivity contribution in [2.45, 2.75) is 38.3 Å². The van der Waals surface area contributed by atoms with E-state index in [0.717, 1.165) is 15.9 Å². The smallest absolute Gasteiger partial charge is 0.409 e. The first-order valence-corrected chi connectivity index (χ1v) is 15.0. The van der Waals surface area contributed by atoms with Crippen molar-refractivity contribution in [2.24, 2.45) is 0 Å². The topological polar surface area (TPSA) is 108 Å². The lowest BCUT2D eigenvalue weighted by Gasteiger charge is -2.43. The second kappa shape index (κ2) is 11.6. The molecule has 0 radical (unpaired) electrons. The van der Waals surface area contributed by atoms with Gasteiger partial charge in [0, 0.05) is 12.6 Å². The largest absolute Gasteiger partial charge is 0.531 e. The van der Waals surface area contributed by atoms with Crippen LogP contribution < -0.4 is 24.9 Å². The molecular weight excluding hydrogens is 524 g/mol. The highest BCUT2D eigenvalue weighted by Crippen LogP contribution is 2.42. The number of aliphatic hydroxyl groups excluding tert-OH is 1.